The first-order chi connectivity index (χ1) is 9.37. The maximum absolute atomic E-state index is 11.9. The number of rotatable bonds is 12. The van der Waals surface area contributed by atoms with Crippen LogP contribution >= 0.6 is 0 Å². The van der Waals surface area contributed by atoms with Crippen LogP contribution in [0.15, 0.2) is 12.7 Å². The fourth-order valence-corrected chi connectivity index (χ4v) is 2.46. The van der Waals surface area contributed by atoms with Gasteiger partial charge in [0.15, 0.2) is 5.78 Å². The first kappa shape index (κ1) is 18.9. The van der Waals surface area contributed by atoms with E-state index in [0.29, 0.717) is 6.42 Å². The Hall–Kier alpha value is -1.12. The molecule has 0 aliphatic carbocycles. The molecule has 0 saturated heterocycles. The lowest BCUT2D eigenvalue weighted by Gasteiger charge is -2.28. The van der Waals surface area contributed by atoms with E-state index in [-0.39, 0.29) is 5.78 Å². The molecule has 0 aliphatic rings. The highest BCUT2D eigenvalue weighted by atomic mass is 16.4. The second-order valence-electron chi connectivity index (χ2n) is 6.10. The normalized spacial score (nSPS) is 12.9. The van der Waals surface area contributed by atoms with E-state index in [2.05, 4.69) is 13.5 Å². The summed E-state index contributed by atoms with van der Waals surface area (Å²) in [7, 11) is 0. The molecule has 0 spiro atoms. The van der Waals surface area contributed by atoms with Crippen molar-refractivity contribution < 1.29 is 14.7 Å². The van der Waals surface area contributed by atoms with E-state index in [1.165, 1.54) is 38.2 Å². The van der Waals surface area contributed by atoms with E-state index in [1.807, 2.05) is 0 Å². The standard InChI is InChI=1S/C17H30O3/c1-5-7-8-9-10-11-12-13-14(15(18)6-2)17(3,4)16(19)20/h6,14H,2,5,7-13H2,1,3-4H3,(H,19,20). The Morgan fingerprint density at radius 3 is 2.05 bits per heavy atom. The number of carbonyl (C=O) groups excluding carboxylic acids is 1. The monoisotopic (exact) mass is 282 g/mol. The number of carboxylic acid groups (broad SMARTS) is 1. The average molecular weight is 282 g/mol. The van der Waals surface area contributed by atoms with Crippen LogP contribution in [0, 0.1) is 11.3 Å². The molecule has 0 radical (unpaired) electrons. The summed E-state index contributed by atoms with van der Waals surface area (Å²) in [5.41, 5.74) is -1.02. The second kappa shape index (κ2) is 9.73. The second-order valence-corrected chi connectivity index (χ2v) is 6.10. The quantitative estimate of drug-likeness (QED) is 0.420. The Balaban J connectivity index is 4.23. The van der Waals surface area contributed by atoms with Gasteiger partial charge in [0.1, 0.15) is 0 Å². The fourth-order valence-electron chi connectivity index (χ4n) is 2.46. The maximum atomic E-state index is 11.9. The molecule has 0 heterocycles. The summed E-state index contributed by atoms with van der Waals surface area (Å²) in [5.74, 6) is -1.53. The third-order valence-corrected chi connectivity index (χ3v) is 4.06. The summed E-state index contributed by atoms with van der Waals surface area (Å²) in [6.07, 6.45) is 10.1. The first-order valence-corrected chi connectivity index (χ1v) is 7.77. The largest absolute Gasteiger partial charge is 0.481 e. The number of carboxylic acids is 1. The number of ketones is 1. The minimum absolute atomic E-state index is 0.150. The first-order valence-electron chi connectivity index (χ1n) is 7.77. The van der Waals surface area contributed by atoms with Crippen LogP contribution < -0.4 is 0 Å². The molecule has 1 N–H and O–H groups in total. The summed E-state index contributed by atoms with van der Waals surface area (Å²) in [6, 6.07) is 0. The molecule has 0 aromatic carbocycles. The van der Waals surface area contributed by atoms with Crippen molar-refractivity contribution in [2.24, 2.45) is 11.3 Å². The predicted molar refractivity (Wildman–Crippen MR) is 82.7 cm³/mol. The summed E-state index contributed by atoms with van der Waals surface area (Å²) < 4.78 is 0. The molecule has 20 heavy (non-hydrogen) atoms. The zero-order valence-electron chi connectivity index (χ0n) is 13.3. The molecule has 0 aromatic heterocycles. The van der Waals surface area contributed by atoms with Gasteiger partial charge in [-0.2, -0.15) is 0 Å². The molecular formula is C17H30O3. The van der Waals surface area contributed by atoms with Crippen molar-refractivity contribution in [1.29, 1.82) is 0 Å². The Labute approximate surface area is 123 Å². The molecule has 0 fully saturated rings. The Bertz CT molecular complexity index is 318. The van der Waals surface area contributed by atoms with Gasteiger partial charge in [-0.3, -0.25) is 9.59 Å². The topological polar surface area (TPSA) is 54.4 Å². The summed E-state index contributed by atoms with van der Waals surface area (Å²) in [6.45, 7) is 8.94. The Morgan fingerprint density at radius 1 is 1.10 bits per heavy atom. The molecule has 116 valence electrons. The maximum Gasteiger partial charge on any atom is 0.309 e. The summed E-state index contributed by atoms with van der Waals surface area (Å²) in [4.78, 5) is 23.2. The van der Waals surface area contributed by atoms with Gasteiger partial charge >= 0.3 is 5.97 Å². The minimum atomic E-state index is -1.02. The molecular weight excluding hydrogens is 252 g/mol. The molecule has 1 atom stereocenters. The van der Waals surface area contributed by atoms with Crippen molar-refractivity contribution in [1.82, 2.24) is 0 Å². The van der Waals surface area contributed by atoms with Crippen LogP contribution in [0.2, 0.25) is 0 Å². The highest BCUT2D eigenvalue weighted by Crippen LogP contribution is 2.32. The molecule has 0 saturated carbocycles. The highest BCUT2D eigenvalue weighted by molar-refractivity contribution is 5.95. The van der Waals surface area contributed by atoms with Crippen LogP contribution in [-0.4, -0.2) is 16.9 Å². The van der Waals surface area contributed by atoms with Crippen LogP contribution in [0.5, 0.6) is 0 Å². The third-order valence-electron chi connectivity index (χ3n) is 4.06. The number of carbonyl (C=O) groups is 2. The van der Waals surface area contributed by atoms with E-state index in [9.17, 15) is 14.7 Å². The van der Waals surface area contributed by atoms with Gasteiger partial charge in [-0.05, 0) is 26.3 Å². The van der Waals surface area contributed by atoms with Crippen molar-refractivity contribution in [2.45, 2.75) is 72.1 Å². The van der Waals surface area contributed by atoms with E-state index < -0.39 is 17.3 Å². The molecule has 0 bridgehead atoms. The fraction of sp³-hybridized carbons (Fsp3) is 0.765. The van der Waals surface area contributed by atoms with Crippen LogP contribution in [0.3, 0.4) is 0 Å². The zero-order chi connectivity index (χ0) is 15.6. The molecule has 0 amide bonds. The summed E-state index contributed by atoms with van der Waals surface area (Å²) >= 11 is 0. The molecule has 0 aromatic rings. The molecule has 3 heteroatoms. The number of aliphatic carboxylic acids is 1. The summed E-state index contributed by atoms with van der Waals surface area (Å²) in [5, 5.41) is 9.27. The van der Waals surface area contributed by atoms with Gasteiger partial charge in [0.2, 0.25) is 0 Å². The van der Waals surface area contributed by atoms with Crippen molar-refractivity contribution in [3.8, 4) is 0 Å². The lowest BCUT2D eigenvalue weighted by Crippen LogP contribution is -2.37. The number of unbranched alkanes of at least 4 members (excludes halogenated alkanes) is 6. The van der Waals surface area contributed by atoms with Crippen molar-refractivity contribution in [2.75, 3.05) is 0 Å². The van der Waals surface area contributed by atoms with Gasteiger partial charge in [-0.25, -0.2) is 0 Å². The average Bonchev–Trinajstić information content (AvgIpc) is 2.40. The molecule has 3 nitrogen and oxygen atoms in total. The Morgan fingerprint density at radius 2 is 1.60 bits per heavy atom. The van der Waals surface area contributed by atoms with Crippen LogP contribution in [0.4, 0.5) is 0 Å². The van der Waals surface area contributed by atoms with Gasteiger partial charge in [0.05, 0.1) is 5.41 Å². The number of allylic oxidation sites excluding steroid dienone is 1. The smallest absolute Gasteiger partial charge is 0.309 e. The van der Waals surface area contributed by atoms with Crippen LogP contribution in [-0.2, 0) is 9.59 Å². The van der Waals surface area contributed by atoms with E-state index in [0.717, 1.165) is 12.8 Å². The lowest BCUT2D eigenvalue weighted by molar-refractivity contribution is -0.153. The van der Waals surface area contributed by atoms with Gasteiger partial charge < -0.3 is 5.11 Å². The van der Waals surface area contributed by atoms with Gasteiger partial charge in [0.25, 0.3) is 0 Å². The van der Waals surface area contributed by atoms with Gasteiger partial charge in [0, 0.05) is 5.92 Å². The Kier molecular flexibility index (Phi) is 9.19. The molecule has 1 unspecified atom stereocenters. The number of hydrogen-bond acceptors (Lipinski definition) is 2. The molecule has 0 aliphatic heterocycles. The minimum Gasteiger partial charge on any atom is -0.481 e. The van der Waals surface area contributed by atoms with Crippen molar-refractivity contribution in [3.05, 3.63) is 12.7 Å². The lowest BCUT2D eigenvalue weighted by atomic mass is 9.73. The highest BCUT2D eigenvalue weighted by Gasteiger charge is 2.39. The number of hydrogen-bond donors (Lipinski definition) is 1. The van der Waals surface area contributed by atoms with Crippen molar-refractivity contribution >= 4 is 11.8 Å². The van der Waals surface area contributed by atoms with Crippen LogP contribution in [0.1, 0.15) is 72.1 Å². The van der Waals surface area contributed by atoms with Gasteiger partial charge in [-0.1, -0.05) is 58.4 Å². The zero-order valence-corrected chi connectivity index (χ0v) is 13.3. The predicted octanol–water partition coefficient (Wildman–Crippen LogP) is 4.61. The molecule has 0 rings (SSSR count). The SMILES string of the molecule is C=CC(=O)C(CCCCCCCCC)C(C)(C)C(=O)O. The van der Waals surface area contributed by atoms with Gasteiger partial charge in [-0.15, -0.1) is 0 Å². The third kappa shape index (κ3) is 6.36. The van der Waals surface area contributed by atoms with Crippen molar-refractivity contribution in [3.63, 3.8) is 0 Å². The van der Waals surface area contributed by atoms with E-state index in [4.69, 9.17) is 0 Å². The van der Waals surface area contributed by atoms with E-state index in [1.54, 1.807) is 13.8 Å². The van der Waals surface area contributed by atoms with E-state index >= 15 is 0 Å². The van der Waals surface area contributed by atoms with Crippen LogP contribution in [0.25, 0.3) is 0 Å².